The van der Waals surface area contributed by atoms with Gasteiger partial charge in [0, 0.05) is 6.54 Å². The number of urea groups is 1. The third-order valence-corrected chi connectivity index (χ3v) is 4.73. The number of hydrogen-bond donors (Lipinski definition) is 2. The molecule has 1 fully saturated rings. The minimum atomic E-state index is -0.866. The van der Waals surface area contributed by atoms with Gasteiger partial charge in [0.15, 0.2) is 0 Å². The van der Waals surface area contributed by atoms with Crippen molar-refractivity contribution >= 4 is 17.8 Å². The van der Waals surface area contributed by atoms with Crippen LogP contribution < -0.4 is 10.6 Å². The number of nitrogens with zero attached hydrogens (tertiary/aromatic N) is 1. The largest absolute Gasteiger partial charge is 0.354 e. The van der Waals surface area contributed by atoms with Gasteiger partial charge in [0.05, 0.1) is 0 Å². The van der Waals surface area contributed by atoms with Gasteiger partial charge in [0.2, 0.25) is 5.91 Å². The lowest BCUT2D eigenvalue weighted by atomic mass is 9.93. The number of carbonyl (C=O) groups is 3. The molecular formula is C18H25N3O3. The van der Waals surface area contributed by atoms with Crippen molar-refractivity contribution in [3.05, 3.63) is 35.9 Å². The fourth-order valence-electron chi connectivity index (χ4n) is 2.91. The highest BCUT2D eigenvalue weighted by molar-refractivity contribution is 6.08. The summed E-state index contributed by atoms with van der Waals surface area (Å²) in [6.07, 6.45) is 1.02. The number of nitrogens with one attached hydrogen (secondary N) is 2. The zero-order valence-electron chi connectivity index (χ0n) is 14.5. The highest BCUT2D eigenvalue weighted by Gasteiger charge is 2.49. The molecule has 1 unspecified atom stereocenters. The van der Waals surface area contributed by atoms with Gasteiger partial charge < -0.3 is 10.6 Å². The van der Waals surface area contributed by atoms with Crippen molar-refractivity contribution in [1.82, 2.24) is 15.5 Å². The van der Waals surface area contributed by atoms with Gasteiger partial charge in [-0.1, -0.05) is 51.1 Å². The van der Waals surface area contributed by atoms with Gasteiger partial charge in [-0.2, -0.15) is 0 Å². The Bertz CT molecular complexity index is 611. The minimum Gasteiger partial charge on any atom is -0.354 e. The normalized spacial score (nSPS) is 17.5. The van der Waals surface area contributed by atoms with Gasteiger partial charge in [-0.15, -0.1) is 0 Å². The van der Waals surface area contributed by atoms with E-state index in [0.717, 1.165) is 10.5 Å². The maximum absolute atomic E-state index is 12.5. The van der Waals surface area contributed by atoms with E-state index < -0.39 is 11.6 Å². The van der Waals surface area contributed by atoms with Crippen LogP contribution in [0.2, 0.25) is 0 Å². The molecule has 130 valence electrons. The zero-order chi connectivity index (χ0) is 17.7. The summed E-state index contributed by atoms with van der Waals surface area (Å²) >= 11 is 0. The molecule has 24 heavy (non-hydrogen) atoms. The molecule has 0 aliphatic carbocycles. The smallest absolute Gasteiger partial charge is 0.325 e. The minimum absolute atomic E-state index is 0.156. The summed E-state index contributed by atoms with van der Waals surface area (Å²) in [6.45, 7) is 5.94. The van der Waals surface area contributed by atoms with Crippen molar-refractivity contribution in [3.63, 3.8) is 0 Å². The average molecular weight is 331 g/mol. The van der Waals surface area contributed by atoms with Crippen LogP contribution in [-0.2, 0) is 9.59 Å². The standard InChI is InChI=1S/C18H25N3O3/c1-4-18(5-2)16(23)21(17(24)20-18)12-15(22)19-11-13(3)14-9-7-6-8-10-14/h6-10,13H,4-5,11-12H2,1-3H3,(H,19,22)(H,20,24). The van der Waals surface area contributed by atoms with E-state index in [1.165, 1.54) is 0 Å². The third kappa shape index (κ3) is 3.58. The highest BCUT2D eigenvalue weighted by atomic mass is 16.2. The molecule has 1 aromatic rings. The van der Waals surface area contributed by atoms with Crippen LogP contribution in [0.1, 0.15) is 45.1 Å². The van der Waals surface area contributed by atoms with E-state index in [-0.39, 0.29) is 24.3 Å². The summed E-state index contributed by atoms with van der Waals surface area (Å²) in [5.74, 6) is -0.489. The Labute approximate surface area is 142 Å². The second-order valence-corrected chi connectivity index (χ2v) is 6.23. The molecule has 6 heteroatoms. The number of hydrogen-bond acceptors (Lipinski definition) is 3. The molecule has 6 nitrogen and oxygen atoms in total. The molecule has 0 radical (unpaired) electrons. The third-order valence-electron chi connectivity index (χ3n) is 4.73. The topological polar surface area (TPSA) is 78.5 Å². The van der Waals surface area contributed by atoms with Crippen molar-refractivity contribution in [2.45, 2.75) is 45.1 Å². The molecule has 2 rings (SSSR count). The first-order valence-corrected chi connectivity index (χ1v) is 8.39. The van der Waals surface area contributed by atoms with E-state index in [2.05, 4.69) is 10.6 Å². The Hall–Kier alpha value is -2.37. The molecule has 4 amide bonds. The molecule has 1 heterocycles. The lowest BCUT2D eigenvalue weighted by Gasteiger charge is -2.23. The monoisotopic (exact) mass is 331 g/mol. The lowest BCUT2D eigenvalue weighted by Crippen LogP contribution is -2.46. The van der Waals surface area contributed by atoms with Gasteiger partial charge in [-0.3, -0.25) is 14.5 Å². The molecule has 1 saturated heterocycles. The first kappa shape index (κ1) is 18.0. The summed E-state index contributed by atoms with van der Waals surface area (Å²) in [5, 5.41) is 5.52. The summed E-state index contributed by atoms with van der Waals surface area (Å²) in [5.41, 5.74) is 0.262. The molecular weight excluding hydrogens is 306 g/mol. The van der Waals surface area contributed by atoms with E-state index in [1.807, 2.05) is 51.1 Å². The van der Waals surface area contributed by atoms with Gasteiger partial charge in [-0.25, -0.2) is 4.79 Å². The fraction of sp³-hybridized carbons (Fsp3) is 0.500. The Balaban J connectivity index is 1.91. The van der Waals surface area contributed by atoms with Gasteiger partial charge >= 0.3 is 6.03 Å². The van der Waals surface area contributed by atoms with Crippen LogP contribution in [0.4, 0.5) is 4.79 Å². The summed E-state index contributed by atoms with van der Waals surface area (Å²) in [4.78, 5) is 37.6. The summed E-state index contributed by atoms with van der Waals surface area (Å²) < 4.78 is 0. The number of imide groups is 1. The quantitative estimate of drug-likeness (QED) is 0.750. The molecule has 0 aromatic heterocycles. The lowest BCUT2D eigenvalue weighted by molar-refractivity contribution is -0.135. The van der Waals surface area contributed by atoms with E-state index in [0.29, 0.717) is 19.4 Å². The van der Waals surface area contributed by atoms with E-state index in [1.54, 1.807) is 0 Å². The molecule has 2 N–H and O–H groups in total. The number of carbonyl (C=O) groups excluding carboxylic acids is 3. The van der Waals surface area contributed by atoms with Gasteiger partial charge in [0.1, 0.15) is 12.1 Å². The fourth-order valence-corrected chi connectivity index (χ4v) is 2.91. The van der Waals surface area contributed by atoms with Crippen molar-refractivity contribution < 1.29 is 14.4 Å². The molecule has 1 atom stereocenters. The van der Waals surface area contributed by atoms with Crippen LogP contribution in [0.3, 0.4) is 0 Å². The van der Waals surface area contributed by atoms with E-state index in [9.17, 15) is 14.4 Å². The molecule has 0 saturated carbocycles. The predicted molar refractivity (Wildman–Crippen MR) is 91.4 cm³/mol. The van der Waals surface area contributed by atoms with Crippen LogP contribution in [0.5, 0.6) is 0 Å². The molecule has 1 aliphatic heterocycles. The van der Waals surface area contributed by atoms with Crippen LogP contribution in [0.25, 0.3) is 0 Å². The second-order valence-electron chi connectivity index (χ2n) is 6.23. The van der Waals surface area contributed by atoms with E-state index >= 15 is 0 Å². The summed E-state index contributed by atoms with van der Waals surface area (Å²) in [7, 11) is 0. The van der Waals surface area contributed by atoms with Crippen molar-refractivity contribution in [2.75, 3.05) is 13.1 Å². The Morgan fingerprint density at radius 2 is 1.83 bits per heavy atom. The molecule has 1 aliphatic rings. The number of amides is 4. The maximum atomic E-state index is 12.5. The van der Waals surface area contributed by atoms with Crippen molar-refractivity contribution in [3.8, 4) is 0 Å². The van der Waals surface area contributed by atoms with E-state index in [4.69, 9.17) is 0 Å². The SMILES string of the molecule is CCC1(CC)NC(=O)N(CC(=O)NCC(C)c2ccccc2)C1=O. The molecule has 0 spiro atoms. The van der Waals surface area contributed by atoms with Crippen LogP contribution in [0, 0.1) is 0 Å². The Morgan fingerprint density at radius 1 is 1.21 bits per heavy atom. The van der Waals surface area contributed by atoms with Crippen molar-refractivity contribution in [2.24, 2.45) is 0 Å². The predicted octanol–water partition coefficient (Wildman–Crippen LogP) is 2.02. The highest BCUT2D eigenvalue weighted by Crippen LogP contribution is 2.24. The number of benzene rings is 1. The average Bonchev–Trinajstić information content (AvgIpc) is 2.85. The summed E-state index contributed by atoms with van der Waals surface area (Å²) in [6, 6.07) is 9.37. The molecule has 1 aromatic carbocycles. The maximum Gasteiger partial charge on any atom is 0.325 e. The van der Waals surface area contributed by atoms with Crippen molar-refractivity contribution in [1.29, 1.82) is 0 Å². The Kier molecular flexibility index (Phi) is 5.59. The first-order chi connectivity index (χ1) is 11.4. The van der Waals surface area contributed by atoms with Gasteiger partial charge in [-0.05, 0) is 24.3 Å². The van der Waals surface area contributed by atoms with Crippen LogP contribution in [-0.4, -0.2) is 41.4 Å². The zero-order valence-corrected chi connectivity index (χ0v) is 14.5. The second kappa shape index (κ2) is 7.47. The van der Waals surface area contributed by atoms with Crippen LogP contribution in [0.15, 0.2) is 30.3 Å². The molecule has 0 bridgehead atoms. The van der Waals surface area contributed by atoms with Gasteiger partial charge in [0.25, 0.3) is 5.91 Å². The Morgan fingerprint density at radius 3 is 2.38 bits per heavy atom. The van der Waals surface area contributed by atoms with Crippen LogP contribution >= 0.6 is 0 Å². The number of rotatable bonds is 7. The first-order valence-electron chi connectivity index (χ1n) is 8.39.